The molecule has 5 heteroatoms. The molecular formula is C10H22N4O. The van der Waals surface area contributed by atoms with E-state index < -0.39 is 0 Å². The monoisotopic (exact) mass is 214 g/mol. The minimum absolute atomic E-state index is 0.335. The lowest BCUT2D eigenvalue weighted by Gasteiger charge is -2.19. The molecule has 0 unspecified atom stereocenters. The van der Waals surface area contributed by atoms with Crippen molar-refractivity contribution in [1.82, 2.24) is 9.80 Å². The lowest BCUT2D eigenvalue weighted by atomic mass is 10.2. The molecule has 0 atom stereocenters. The van der Waals surface area contributed by atoms with Gasteiger partial charge in [-0.25, -0.2) is 0 Å². The minimum Gasteiger partial charge on any atom is -0.409 e. The average molecular weight is 214 g/mol. The molecule has 1 aliphatic rings. The number of nitrogens with zero attached hydrogens (tertiary/aromatic N) is 3. The van der Waals surface area contributed by atoms with Crippen molar-refractivity contribution in [3.8, 4) is 0 Å². The van der Waals surface area contributed by atoms with Crippen molar-refractivity contribution in [3.05, 3.63) is 0 Å². The van der Waals surface area contributed by atoms with E-state index in [9.17, 15) is 0 Å². The maximum absolute atomic E-state index is 8.39. The Bertz CT molecular complexity index is 208. The highest BCUT2D eigenvalue weighted by Gasteiger charge is 2.11. The summed E-state index contributed by atoms with van der Waals surface area (Å²) in [5.41, 5.74) is 5.41. The van der Waals surface area contributed by atoms with E-state index in [-0.39, 0.29) is 0 Å². The SMILES string of the molecule is CN1CCCN(CCC/C(N)=N/O)CC1. The van der Waals surface area contributed by atoms with Crippen LogP contribution in [-0.4, -0.2) is 60.6 Å². The Morgan fingerprint density at radius 2 is 2.13 bits per heavy atom. The summed E-state index contributed by atoms with van der Waals surface area (Å²) in [5.74, 6) is 0.335. The molecule has 0 aromatic heterocycles. The fourth-order valence-corrected chi connectivity index (χ4v) is 1.86. The lowest BCUT2D eigenvalue weighted by molar-refractivity contribution is 0.274. The molecule has 0 aliphatic carbocycles. The van der Waals surface area contributed by atoms with Gasteiger partial charge in [-0.15, -0.1) is 0 Å². The van der Waals surface area contributed by atoms with Crippen LogP contribution in [0.2, 0.25) is 0 Å². The van der Waals surface area contributed by atoms with Crippen molar-refractivity contribution >= 4 is 5.84 Å². The van der Waals surface area contributed by atoms with Gasteiger partial charge in [-0.3, -0.25) is 0 Å². The predicted molar refractivity (Wildman–Crippen MR) is 61.2 cm³/mol. The van der Waals surface area contributed by atoms with Crippen molar-refractivity contribution in [3.63, 3.8) is 0 Å². The van der Waals surface area contributed by atoms with E-state index in [0.29, 0.717) is 12.3 Å². The fourth-order valence-electron chi connectivity index (χ4n) is 1.86. The first-order valence-electron chi connectivity index (χ1n) is 5.59. The third-order valence-electron chi connectivity index (χ3n) is 2.85. The van der Waals surface area contributed by atoms with Crippen LogP contribution in [0.4, 0.5) is 0 Å². The van der Waals surface area contributed by atoms with Crippen molar-refractivity contribution in [2.45, 2.75) is 19.3 Å². The number of amidine groups is 1. The average Bonchev–Trinajstić information content (AvgIpc) is 2.43. The Balaban J connectivity index is 2.15. The molecule has 3 N–H and O–H groups in total. The second-order valence-corrected chi connectivity index (χ2v) is 4.19. The van der Waals surface area contributed by atoms with Gasteiger partial charge >= 0.3 is 0 Å². The zero-order valence-electron chi connectivity index (χ0n) is 9.52. The molecule has 88 valence electrons. The van der Waals surface area contributed by atoms with Gasteiger partial charge in [0.1, 0.15) is 5.84 Å². The number of hydrogen-bond acceptors (Lipinski definition) is 4. The molecule has 5 nitrogen and oxygen atoms in total. The first-order valence-corrected chi connectivity index (χ1v) is 5.59. The molecule has 1 aliphatic heterocycles. The lowest BCUT2D eigenvalue weighted by Crippen LogP contribution is -2.30. The smallest absolute Gasteiger partial charge is 0.139 e. The molecular weight excluding hydrogens is 192 g/mol. The maximum atomic E-state index is 8.39. The van der Waals surface area contributed by atoms with Gasteiger partial charge in [-0.05, 0) is 39.5 Å². The fraction of sp³-hybridized carbons (Fsp3) is 0.900. The van der Waals surface area contributed by atoms with E-state index in [1.54, 1.807) is 0 Å². The minimum atomic E-state index is 0.335. The Labute approximate surface area is 91.5 Å². The van der Waals surface area contributed by atoms with E-state index >= 15 is 0 Å². The van der Waals surface area contributed by atoms with Crippen LogP contribution < -0.4 is 5.73 Å². The summed E-state index contributed by atoms with van der Waals surface area (Å²) in [7, 11) is 2.17. The number of nitrogens with two attached hydrogens (primary N) is 1. The van der Waals surface area contributed by atoms with Crippen molar-refractivity contribution in [1.29, 1.82) is 0 Å². The van der Waals surface area contributed by atoms with Crippen LogP contribution in [0.1, 0.15) is 19.3 Å². The Morgan fingerprint density at radius 3 is 2.87 bits per heavy atom. The van der Waals surface area contributed by atoms with E-state index in [2.05, 4.69) is 22.0 Å². The molecule has 0 aromatic carbocycles. The molecule has 1 saturated heterocycles. The van der Waals surface area contributed by atoms with Gasteiger partial charge in [0.25, 0.3) is 0 Å². The molecule has 1 fully saturated rings. The van der Waals surface area contributed by atoms with Crippen LogP contribution in [0.3, 0.4) is 0 Å². The topological polar surface area (TPSA) is 65.1 Å². The third kappa shape index (κ3) is 4.99. The first-order chi connectivity index (χ1) is 7.22. The van der Waals surface area contributed by atoms with Gasteiger partial charge in [0, 0.05) is 19.5 Å². The van der Waals surface area contributed by atoms with Crippen LogP contribution >= 0.6 is 0 Å². The molecule has 0 aromatic rings. The Morgan fingerprint density at radius 1 is 1.33 bits per heavy atom. The van der Waals surface area contributed by atoms with E-state index in [1.807, 2.05) is 0 Å². The van der Waals surface area contributed by atoms with E-state index in [0.717, 1.165) is 26.1 Å². The first kappa shape index (κ1) is 12.3. The highest BCUT2D eigenvalue weighted by molar-refractivity contribution is 5.79. The summed E-state index contributed by atoms with van der Waals surface area (Å²) in [6.07, 6.45) is 2.89. The third-order valence-corrected chi connectivity index (χ3v) is 2.85. The van der Waals surface area contributed by atoms with Crippen molar-refractivity contribution in [2.75, 3.05) is 39.8 Å². The van der Waals surface area contributed by atoms with Gasteiger partial charge in [0.2, 0.25) is 0 Å². The van der Waals surface area contributed by atoms with Crippen molar-refractivity contribution < 1.29 is 5.21 Å². The van der Waals surface area contributed by atoms with Gasteiger partial charge in [-0.2, -0.15) is 0 Å². The van der Waals surface area contributed by atoms with Crippen LogP contribution in [0.15, 0.2) is 5.16 Å². The van der Waals surface area contributed by atoms with Crippen LogP contribution in [0, 0.1) is 0 Å². The zero-order chi connectivity index (χ0) is 11.1. The zero-order valence-corrected chi connectivity index (χ0v) is 9.52. The second-order valence-electron chi connectivity index (χ2n) is 4.19. The van der Waals surface area contributed by atoms with Gasteiger partial charge in [-0.1, -0.05) is 5.16 Å². The number of oxime groups is 1. The van der Waals surface area contributed by atoms with E-state index in [4.69, 9.17) is 10.9 Å². The van der Waals surface area contributed by atoms with Gasteiger partial charge in [0.15, 0.2) is 0 Å². The summed E-state index contributed by atoms with van der Waals surface area (Å²) in [6.45, 7) is 5.68. The summed E-state index contributed by atoms with van der Waals surface area (Å²) >= 11 is 0. The predicted octanol–water partition coefficient (Wildman–Crippen LogP) is 0.151. The number of likely N-dealkylation sites (N-methyl/N-ethyl adjacent to an activating group) is 1. The largest absolute Gasteiger partial charge is 0.409 e. The second kappa shape index (κ2) is 6.63. The molecule has 1 heterocycles. The summed E-state index contributed by atoms with van der Waals surface area (Å²) in [5, 5.41) is 11.4. The number of rotatable bonds is 4. The molecule has 0 bridgehead atoms. The Hall–Kier alpha value is -0.810. The number of hydrogen-bond donors (Lipinski definition) is 2. The quantitative estimate of drug-likeness (QED) is 0.303. The van der Waals surface area contributed by atoms with E-state index in [1.165, 1.54) is 19.5 Å². The summed E-state index contributed by atoms with van der Waals surface area (Å²) in [4.78, 5) is 4.82. The van der Waals surface area contributed by atoms with Crippen LogP contribution in [-0.2, 0) is 0 Å². The maximum Gasteiger partial charge on any atom is 0.139 e. The molecule has 1 rings (SSSR count). The summed E-state index contributed by atoms with van der Waals surface area (Å²) < 4.78 is 0. The van der Waals surface area contributed by atoms with Crippen molar-refractivity contribution in [2.24, 2.45) is 10.9 Å². The highest BCUT2D eigenvalue weighted by atomic mass is 16.4. The van der Waals surface area contributed by atoms with Gasteiger partial charge in [0.05, 0.1) is 0 Å². The molecule has 0 amide bonds. The standard InChI is InChI=1S/C10H22N4O/c1-13-5-3-7-14(9-8-13)6-2-4-10(11)12-15/h15H,2-9H2,1H3,(H2,11,12). The van der Waals surface area contributed by atoms with Gasteiger partial charge < -0.3 is 20.7 Å². The highest BCUT2D eigenvalue weighted by Crippen LogP contribution is 2.02. The van der Waals surface area contributed by atoms with Crippen LogP contribution in [0.5, 0.6) is 0 Å². The molecule has 0 saturated carbocycles. The van der Waals surface area contributed by atoms with Crippen LogP contribution in [0.25, 0.3) is 0 Å². The normalized spacial score (nSPS) is 21.5. The molecule has 0 radical (unpaired) electrons. The molecule has 15 heavy (non-hydrogen) atoms. The molecule has 0 spiro atoms. The summed E-state index contributed by atoms with van der Waals surface area (Å²) in [6, 6.07) is 0. The Kier molecular flexibility index (Phi) is 5.42.